The third-order valence-electron chi connectivity index (χ3n) is 4.97. The van der Waals surface area contributed by atoms with Crippen LogP contribution in [-0.2, 0) is 22.6 Å². The summed E-state index contributed by atoms with van der Waals surface area (Å²) >= 11 is 0. The Morgan fingerprint density at radius 3 is 2.38 bits per heavy atom. The summed E-state index contributed by atoms with van der Waals surface area (Å²) in [6, 6.07) is 18.0. The number of hydrogen-bond acceptors (Lipinski definition) is 2. The smallest absolute Gasteiger partial charge is 0.226 e. The number of amides is 2. The van der Waals surface area contributed by atoms with Gasteiger partial charge in [0.1, 0.15) is 0 Å². The third kappa shape index (κ3) is 4.94. The van der Waals surface area contributed by atoms with Crippen LogP contribution >= 0.6 is 0 Å². The minimum Gasteiger partial charge on any atom is -0.352 e. The number of nitrogens with zero attached hydrogens (tertiary/aromatic N) is 1. The van der Waals surface area contributed by atoms with Gasteiger partial charge in [0.05, 0.1) is 6.42 Å². The lowest BCUT2D eigenvalue weighted by Gasteiger charge is -2.31. The molecule has 2 aromatic rings. The fraction of sp³-hybridized carbons (Fsp3) is 0.364. The number of carbonyl (C=O) groups excluding carboxylic acids is 2. The van der Waals surface area contributed by atoms with Gasteiger partial charge in [-0.05, 0) is 30.9 Å². The second-order valence-corrected chi connectivity index (χ2v) is 7.02. The molecular formula is C22H26N2O2. The molecule has 0 radical (unpaired) electrons. The first-order valence-corrected chi connectivity index (χ1v) is 9.27. The molecule has 1 N–H and O–H groups in total. The van der Waals surface area contributed by atoms with Gasteiger partial charge >= 0.3 is 0 Å². The van der Waals surface area contributed by atoms with Crippen molar-refractivity contribution in [3.8, 4) is 0 Å². The van der Waals surface area contributed by atoms with Crippen molar-refractivity contribution in [3.05, 3.63) is 71.3 Å². The Kier molecular flexibility index (Phi) is 6.05. The number of nitrogens with one attached hydrogen (secondary N) is 1. The van der Waals surface area contributed by atoms with Crippen LogP contribution in [-0.4, -0.2) is 29.8 Å². The predicted octanol–water partition coefficient (Wildman–Crippen LogP) is 3.09. The molecule has 3 rings (SSSR count). The van der Waals surface area contributed by atoms with Crippen molar-refractivity contribution in [1.29, 1.82) is 0 Å². The minimum atomic E-state index is 0.00160. The Hall–Kier alpha value is -2.62. The topological polar surface area (TPSA) is 49.4 Å². The van der Waals surface area contributed by atoms with Crippen molar-refractivity contribution >= 4 is 11.8 Å². The maximum atomic E-state index is 12.5. The zero-order valence-electron chi connectivity index (χ0n) is 15.3. The summed E-state index contributed by atoms with van der Waals surface area (Å²) in [5, 5.41) is 3.02. The van der Waals surface area contributed by atoms with Crippen molar-refractivity contribution in [2.24, 2.45) is 5.92 Å². The molecule has 4 nitrogen and oxygen atoms in total. The van der Waals surface area contributed by atoms with Gasteiger partial charge in [0.15, 0.2) is 0 Å². The van der Waals surface area contributed by atoms with Crippen LogP contribution < -0.4 is 5.32 Å². The lowest BCUT2D eigenvalue weighted by molar-refractivity contribution is -0.135. The molecule has 136 valence electrons. The zero-order chi connectivity index (χ0) is 18.4. The van der Waals surface area contributed by atoms with Crippen LogP contribution in [0.4, 0.5) is 0 Å². The first-order chi connectivity index (χ1) is 12.6. The Morgan fingerprint density at radius 1 is 1.00 bits per heavy atom. The first kappa shape index (κ1) is 18.2. The molecule has 0 aliphatic carbocycles. The monoisotopic (exact) mass is 350 g/mol. The molecule has 1 saturated heterocycles. The molecular weight excluding hydrogens is 324 g/mol. The lowest BCUT2D eigenvalue weighted by atomic mass is 9.95. The van der Waals surface area contributed by atoms with E-state index in [1.165, 1.54) is 5.56 Å². The fourth-order valence-electron chi connectivity index (χ4n) is 3.43. The Balaban J connectivity index is 1.44. The standard InChI is InChI=1S/C22H26N2O2/c1-17-6-5-9-19(14-17)15-21(25)24-12-10-20(11-13-24)22(26)23-16-18-7-3-2-4-8-18/h2-9,14,20H,10-13,15-16H2,1H3,(H,23,26). The number of piperidine rings is 1. The van der Waals surface area contributed by atoms with Crippen molar-refractivity contribution in [2.75, 3.05) is 13.1 Å². The van der Waals surface area contributed by atoms with Crippen LogP contribution in [0.1, 0.15) is 29.5 Å². The zero-order valence-corrected chi connectivity index (χ0v) is 15.3. The average molecular weight is 350 g/mol. The molecule has 0 spiro atoms. The normalized spacial score (nSPS) is 14.9. The summed E-state index contributed by atoms with van der Waals surface area (Å²) in [5.74, 6) is 0.250. The molecule has 0 unspecified atom stereocenters. The van der Waals surface area contributed by atoms with E-state index in [4.69, 9.17) is 0 Å². The third-order valence-corrected chi connectivity index (χ3v) is 4.97. The van der Waals surface area contributed by atoms with E-state index in [0.29, 0.717) is 26.1 Å². The Bertz CT molecular complexity index is 750. The molecule has 1 aliphatic rings. The summed E-state index contributed by atoms with van der Waals surface area (Å²) in [6.07, 6.45) is 1.91. The van der Waals surface area contributed by atoms with Gasteiger partial charge < -0.3 is 10.2 Å². The number of rotatable bonds is 5. The lowest BCUT2D eigenvalue weighted by Crippen LogP contribution is -2.43. The highest BCUT2D eigenvalue weighted by Gasteiger charge is 2.27. The highest BCUT2D eigenvalue weighted by atomic mass is 16.2. The summed E-state index contributed by atoms with van der Waals surface area (Å²) in [5.41, 5.74) is 3.33. The Labute approximate surface area is 155 Å². The van der Waals surface area contributed by atoms with Gasteiger partial charge in [-0.1, -0.05) is 60.2 Å². The summed E-state index contributed by atoms with van der Waals surface area (Å²) in [4.78, 5) is 26.7. The Morgan fingerprint density at radius 2 is 1.69 bits per heavy atom. The maximum Gasteiger partial charge on any atom is 0.226 e. The van der Waals surface area contributed by atoms with E-state index in [-0.39, 0.29) is 17.7 Å². The number of likely N-dealkylation sites (tertiary alicyclic amines) is 1. The van der Waals surface area contributed by atoms with Crippen molar-refractivity contribution in [1.82, 2.24) is 10.2 Å². The van der Waals surface area contributed by atoms with E-state index >= 15 is 0 Å². The molecule has 0 aromatic heterocycles. The van der Waals surface area contributed by atoms with Crippen molar-refractivity contribution < 1.29 is 9.59 Å². The molecule has 1 aliphatic heterocycles. The van der Waals surface area contributed by atoms with Crippen LogP contribution in [0, 0.1) is 12.8 Å². The van der Waals surface area contributed by atoms with E-state index in [0.717, 1.165) is 24.0 Å². The summed E-state index contributed by atoms with van der Waals surface area (Å²) in [6.45, 7) is 3.92. The quantitative estimate of drug-likeness (QED) is 0.901. The average Bonchev–Trinajstić information content (AvgIpc) is 2.67. The first-order valence-electron chi connectivity index (χ1n) is 9.27. The van der Waals surface area contributed by atoms with Gasteiger partial charge in [0.25, 0.3) is 0 Å². The number of hydrogen-bond donors (Lipinski definition) is 1. The van der Waals surface area contributed by atoms with Gasteiger partial charge in [0.2, 0.25) is 11.8 Å². The van der Waals surface area contributed by atoms with Gasteiger partial charge in [0, 0.05) is 25.6 Å². The highest BCUT2D eigenvalue weighted by molar-refractivity contribution is 5.81. The van der Waals surface area contributed by atoms with Crippen LogP contribution in [0.5, 0.6) is 0 Å². The van der Waals surface area contributed by atoms with E-state index in [9.17, 15) is 9.59 Å². The van der Waals surface area contributed by atoms with Gasteiger partial charge in [-0.15, -0.1) is 0 Å². The molecule has 26 heavy (non-hydrogen) atoms. The van der Waals surface area contributed by atoms with Gasteiger partial charge in [-0.3, -0.25) is 9.59 Å². The van der Waals surface area contributed by atoms with Crippen LogP contribution in [0.3, 0.4) is 0 Å². The van der Waals surface area contributed by atoms with E-state index in [2.05, 4.69) is 11.4 Å². The molecule has 4 heteroatoms. The van der Waals surface area contributed by atoms with E-state index in [1.807, 2.05) is 60.4 Å². The molecule has 0 atom stereocenters. The second-order valence-electron chi connectivity index (χ2n) is 7.02. The van der Waals surface area contributed by atoms with Crippen LogP contribution in [0.25, 0.3) is 0 Å². The fourth-order valence-corrected chi connectivity index (χ4v) is 3.43. The molecule has 0 saturated carbocycles. The molecule has 2 amide bonds. The van der Waals surface area contributed by atoms with Crippen molar-refractivity contribution in [2.45, 2.75) is 32.7 Å². The maximum absolute atomic E-state index is 12.5. The minimum absolute atomic E-state index is 0.00160. The number of benzene rings is 2. The van der Waals surface area contributed by atoms with Crippen LogP contribution in [0.15, 0.2) is 54.6 Å². The molecule has 1 heterocycles. The summed E-state index contributed by atoms with van der Waals surface area (Å²) in [7, 11) is 0. The molecule has 2 aromatic carbocycles. The number of aryl methyl sites for hydroxylation is 1. The predicted molar refractivity (Wildman–Crippen MR) is 102 cm³/mol. The molecule has 1 fully saturated rings. The van der Waals surface area contributed by atoms with Crippen molar-refractivity contribution in [3.63, 3.8) is 0 Å². The SMILES string of the molecule is Cc1cccc(CC(=O)N2CCC(C(=O)NCc3ccccc3)CC2)c1. The van der Waals surface area contributed by atoms with Gasteiger partial charge in [-0.2, -0.15) is 0 Å². The molecule has 0 bridgehead atoms. The second kappa shape index (κ2) is 8.65. The summed E-state index contributed by atoms with van der Waals surface area (Å²) < 4.78 is 0. The highest BCUT2D eigenvalue weighted by Crippen LogP contribution is 2.19. The largest absolute Gasteiger partial charge is 0.352 e. The van der Waals surface area contributed by atoms with E-state index < -0.39 is 0 Å². The number of carbonyl (C=O) groups is 2. The van der Waals surface area contributed by atoms with Gasteiger partial charge in [-0.25, -0.2) is 0 Å². The van der Waals surface area contributed by atoms with E-state index in [1.54, 1.807) is 0 Å². The van der Waals surface area contributed by atoms with Crippen LogP contribution in [0.2, 0.25) is 0 Å².